The molecule has 0 aromatic carbocycles. The Morgan fingerprint density at radius 1 is 1.54 bits per heavy atom. The number of aromatic nitrogens is 1. The van der Waals surface area contributed by atoms with Crippen molar-refractivity contribution in [3.63, 3.8) is 0 Å². The summed E-state index contributed by atoms with van der Waals surface area (Å²) in [6.45, 7) is 6.42. The van der Waals surface area contributed by atoms with Gasteiger partial charge in [-0.25, -0.2) is 0 Å². The quantitative estimate of drug-likeness (QED) is 0.709. The van der Waals surface area contributed by atoms with Crippen LogP contribution < -0.4 is 5.73 Å². The van der Waals surface area contributed by atoms with Gasteiger partial charge in [0.05, 0.1) is 18.6 Å². The lowest BCUT2D eigenvalue weighted by Gasteiger charge is -2.40. The molecular formula is C10H16N2O. The third kappa shape index (κ3) is 1.11. The molecule has 1 fully saturated rings. The second kappa shape index (κ2) is 2.86. The molecule has 1 aliphatic heterocycles. The zero-order valence-corrected chi connectivity index (χ0v) is 8.18. The average molecular weight is 180 g/mol. The third-order valence-electron chi connectivity index (χ3n) is 3.12. The molecule has 0 unspecified atom stereocenters. The number of aromatic amines is 1. The van der Waals surface area contributed by atoms with Crippen LogP contribution in [0.2, 0.25) is 0 Å². The monoisotopic (exact) mass is 180 g/mol. The molecule has 72 valence electrons. The van der Waals surface area contributed by atoms with Gasteiger partial charge in [-0.3, -0.25) is 0 Å². The number of ether oxygens (including phenoxy) is 1. The van der Waals surface area contributed by atoms with Gasteiger partial charge in [0.1, 0.15) is 0 Å². The predicted octanol–water partition coefficient (Wildman–Crippen LogP) is 0.858. The van der Waals surface area contributed by atoms with Gasteiger partial charge in [0.25, 0.3) is 0 Å². The maximum atomic E-state index is 5.79. The summed E-state index contributed by atoms with van der Waals surface area (Å²) < 4.78 is 5.25. The first-order valence-corrected chi connectivity index (χ1v) is 4.62. The molecule has 2 rings (SSSR count). The number of hydrogen-bond donors (Lipinski definition) is 2. The van der Waals surface area contributed by atoms with Crippen LogP contribution in [0.15, 0.2) is 6.20 Å². The molecule has 1 aliphatic rings. The van der Waals surface area contributed by atoms with Crippen LogP contribution in [0, 0.1) is 13.8 Å². The molecule has 2 heterocycles. The molecule has 0 radical (unpaired) electrons. The number of nitrogens with one attached hydrogen (secondary N) is 1. The third-order valence-corrected chi connectivity index (χ3v) is 3.12. The Labute approximate surface area is 78.3 Å². The lowest BCUT2D eigenvalue weighted by atomic mass is 9.78. The summed E-state index contributed by atoms with van der Waals surface area (Å²) >= 11 is 0. The van der Waals surface area contributed by atoms with Crippen molar-refractivity contribution < 1.29 is 4.74 Å². The van der Waals surface area contributed by atoms with E-state index >= 15 is 0 Å². The van der Waals surface area contributed by atoms with Crippen LogP contribution in [0.5, 0.6) is 0 Å². The minimum atomic E-state index is 0.0921. The summed E-state index contributed by atoms with van der Waals surface area (Å²) in [7, 11) is 0. The standard InChI is InChI=1S/C10H16N2O/c1-7-8(2)12-3-9(7)10(4-11)5-13-6-10/h3,12H,4-6,11H2,1-2H3. The maximum Gasteiger partial charge on any atom is 0.0598 e. The summed E-state index contributed by atoms with van der Waals surface area (Å²) in [4.78, 5) is 3.23. The van der Waals surface area contributed by atoms with Gasteiger partial charge in [0, 0.05) is 18.4 Å². The Morgan fingerprint density at radius 3 is 2.54 bits per heavy atom. The molecule has 0 saturated carbocycles. The SMILES string of the molecule is Cc1[nH]cc(C2(CN)COC2)c1C. The van der Waals surface area contributed by atoms with Gasteiger partial charge in [0.2, 0.25) is 0 Å². The van der Waals surface area contributed by atoms with Crippen LogP contribution in [-0.4, -0.2) is 24.7 Å². The van der Waals surface area contributed by atoms with E-state index in [1.54, 1.807) is 0 Å². The maximum absolute atomic E-state index is 5.79. The zero-order valence-electron chi connectivity index (χ0n) is 8.18. The zero-order chi connectivity index (χ0) is 9.47. The van der Waals surface area contributed by atoms with Crippen LogP contribution in [0.4, 0.5) is 0 Å². The van der Waals surface area contributed by atoms with E-state index in [0.717, 1.165) is 13.2 Å². The van der Waals surface area contributed by atoms with Gasteiger partial charge in [-0.05, 0) is 25.0 Å². The Kier molecular flexibility index (Phi) is 1.93. The minimum absolute atomic E-state index is 0.0921. The van der Waals surface area contributed by atoms with E-state index in [1.165, 1.54) is 16.8 Å². The Balaban J connectivity index is 2.38. The van der Waals surface area contributed by atoms with Gasteiger partial charge in [-0.2, -0.15) is 0 Å². The second-order valence-electron chi connectivity index (χ2n) is 3.93. The summed E-state index contributed by atoms with van der Waals surface area (Å²) in [5.41, 5.74) is 9.77. The van der Waals surface area contributed by atoms with E-state index in [9.17, 15) is 0 Å². The van der Waals surface area contributed by atoms with Crippen molar-refractivity contribution in [2.75, 3.05) is 19.8 Å². The van der Waals surface area contributed by atoms with Gasteiger partial charge >= 0.3 is 0 Å². The van der Waals surface area contributed by atoms with E-state index in [0.29, 0.717) is 6.54 Å². The number of nitrogens with two attached hydrogens (primary N) is 1. The largest absolute Gasteiger partial charge is 0.379 e. The summed E-state index contributed by atoms with van der Waals surface area (Å²) in [6.07, 6.45) is 2.07. The lowest BCUT2D eigenvalue weighted by Crippen LogP contribution is -2.52. The van der Waals surface area contributed by atoms with Crippen molar-refractivity contribution in [2.24, 2.45) is 5.73 Å². The topological polar surface area (TPSA) is 51.0 Å². The fourth-order valence-electron chi connectivity index (χ4n) is 1.88. The molecule has 1 aromatic heterocycles. The fourth-order valence-corrected chi connectivity index (χ4v) is 1.88. The molecule has 0 atom stereocenters. The van der Waals surface area contributed by atoms with Crippen LogP contribution in [-0.2, 0) is 10.2 Å². The van der Waals surface area contributed by atoms with Crippen molar-refractivity contribution in [3.05, 3.63) is 23.0 Å². The highest BCUT2D eigenvalue weighted by Gasteiger charge is 2.40. The summed E-state index contributed by atoms with van der Waals surface area (Å²) in [5, 5.41) is 0. The fraction of sp³-hybridized carbons (Fsp3) is 0.600. The van der Waals surface area contributed by atoms with Gasteiger partial charge < -0.3 is 15.5 Å². The first-order chi connectivity index (χ1) is 6.19. The van der Waals surface area contributed by atoms with E-state index in [1.807, 2.05) is 0 Å². The van der Waals surface area contributed by atoms with E-state index in [2.05, 4.69) is 25.0 Å². The number of rotatable bonds is 2. The van der Waals surface area contributed by atoms with Crippen LogP contribution >= 0.6 is 0 Å². The van der Waals surface area contributed by atoms with Crippen LogP contribution in [0.3, 0.4) is 0 Å². The molecule has 1 saturated heterocycles. The molecule has 0 bridgehead atoms. The van der Waals surface area contributed by atoms with Gasteiger partial charge in [-0.15, -0.1) is 0 Å². The van der Waals surface area contributed by atoms with E-state index < -0.39 is 0 Å². The number of hydrogen-bond acceptors (Lipinski definition) is 2. The molecule has 0 aliphatic carbocycles. The average Bonchev–Trinajstić information content (AvgIpc) is 2.35. The highest BCUT2D eigenvalue weighted by Crippen LogP contribution is 2.34. The number of aryl methyl sites for hydroxylation is 1. The van der Waals surface area contributed by atoms with E-state index in [-0.39, 0.29) is 5.41 Å². The second-order valence-corrected chi connectivity index (χ2v) is 3.93. The smallest absolute Gasteiger partial charge is 0.0598 e. The Morgan fingerprint density at radius 2 is 2.23 bits per heavy atom. The first kappa shape index (κ1) is 8.78. The van der Waals surface area contributed by atoms with Crippen molar-refractivity contribution >= 4 is 0 Å². The number of H-pyrrole nitrogens is 1. The van der Waals surface area contributed by atoms with E-state index in [4.69, 9.17) is 10.5 Å². The highest BCUT2D eigenvalue weighted by atomic mass is 16.5. The molecule has 13 heavy (non-hydrogen) atoms. The first-order valence-electron chi connectivity index (χ1n) is 4.62. The Hall–Kier alpha value is -0.800. The predicted molar refractivity (Wildman–Crippen MR) is 51.8 cm³/mol. The van der Waals surface area contributed by atoms with Gasteiger partial charge in [-0.1, -0.05) is 0 Å². The van der Waals surface area contributed by atoms with Gasteiger partial charge in [0.15, 0.2) is 0 Å². The molecule has 0 amide bonds. The lowest BCUT2D eigenvalue weighted by molar-refractivity contribution is -0.0552. The van der Waals surface area contributed by atoms with Crippen molar-refractivity contribution in [3.8, 4) is 0 Å². The highest BCUT2D eigenvalue weighted by molar-refractivity contribution is 5.37. The van der Waals surface area contributed by atoms with Crippen LogP contribution in [0.25, 0.3) is 0 Å². The van der Waals surface area contributed by atoms with Crippen molar-refractivity contribution in [1.29, 1.82) is 0 Å². The summed E-state index contributed by atoms with van der Waals surface area (Å²) in [5.74, 6) is 0. The van der Waals surface area contributed by atoms with Crippen molar-refractivity contribution in [1.82, 2.24) is 4.98 Å². The Bertz CT molecular complexity index is 307. The normalized spacial score (nSPS) is 19.9. The molecular weight excluding hydrogens is 164 g/mol. The minimum Gasteiger partial charge on any atom is -0.379 e. The van der Waals surface area contributed by atoms with Crippen molar-refractivity contribution in [2.45, 2.75) is 19.3 Å². The molecule has 1 aromatic rings. The summed E-state index contributed by atoms with van der Waals surface area (Å²) in [6, 6.07) is 0. The molecule has 3 heteroatoms. The molecule has 3 nitrogen and oxygen atoms in total. The molecule has 0 spiro atoms. The molecule has 3 N–H and O–H groups in total. The van der Waals surface area contributed by atoms with Crippen LogP contribution in [0.1, 0.15) is 16.8 Å².